The number of nitrogens with zero attached hydrogens (tertiary/aromatic N) is 5. The number of para-hydroxylation sites is 1. The quantitative estimate of drug-likeness (QED) is 0.324. The largest absolute Gasteiger partial charge is 0.433 e. The molecule has 0 aliphatic carbocycles. The van der Waals surface area contributed by atoms with Gasteiger partial charge in [0.2, 0.25) is 11.9 Å². The molecule has 38 heavy (non-hydrogen) atoms. The fourth-order valence-corrected chi connectivity index (χ4v) is 4.19. The molecule has 1 aliphatic heterocycles. The molecule has 1 saturated heterocycles. The average Bonchev–Trinajstić information content (AvgIpc) is 3.35. The third kappa shape index (κ3) is 5.39. The molecule has 0 saturated carbocycles. The maximum absolute atomic E-state index is 13.4. The highest BCUT2D eigenvalue weighted by atomic mass is 19.3. The van der Waals surface area contributed by atoms with Gasteiger partial charge in [-0.25, -0.2) is 9.97 Å². The number of carbonyl (C=O) groups excluding carboxylic acids is 1. The van der Waals surface area contributed by atoms with E-state index in [-0.39, 0.29) is 17.4 Å². The third-order valence-electron chi connectivity index (χ3n) is 6.12. The number of aromatic nitrogens is 3. The number of likely N-dealkylation sites (N-methyl/N-ethyl adjacent to an activating group) is 1. The molecule has 0 spiro atoms. The Kier molecular flexibility index (Phi) is 7.13. The van der Waals surface area contributed by atoms with E-state index in [1.165, 1.54) is 18.3 Å². The topological polar surface area (TPSA) is 109 Å². The zero-order valence-electron chi connectivity index (χ0n) is 20.5. The normalized spacial score (nSPS) is 14.1. The SMILES string of the molecule is C=CC(=O)Nc1cc(Nc2nccc(-c3noc4ccccc34)n2)c(OC(F)F)cc1N1CCN(C)CC1. The monoisotopic (exact) mass is 521 g/mol. The number of amides is 1. The average molecular weight is 522 g/mol. The molecule has 0 atom stereocenters. The van der Waals surface area contributed by atoms with Crippen molar-refractivity contribution in [2.24, 2.45) is 0 Å². The van der Waals surface area contributed by atoms with E-state index in [1.54, 1.807) is 12.1 Å². The molecule has 1 amide bonds. The van der Waals surface area contributed by atoms with Crippen molar-refractivity contribution in [3.05, 3.63) is 61.3 Å². The van der Waals surface area contributed by atoms with E-state index in [0.717, 1.165) is 24.6 Å². The molecular weight excluding hydrogens is 496 g/mol. The van der Waals surface area contributed by atoms with Crippen LogP contribution in [0, 0.1) is 0 Å². The van der Waals surface area contributed by atoms with Crippen LogP contribution in [0.15, 0.2) is 65.8 Å². The van der Waals surface area contributed by atoms with Gasteiger partial charge >= 0.3 is 6.61 Å². The Hall–Kier alpha value is -4.58. The van der Waals surface area contributed by atoms with Crippen LogP contribution in [-0.4, -0.2) is 65.8 Å². The lowest BCUT2D eigenvalue weighted by Gasteiger charge is -2.35. The summed E-state index contributed by atoms with van der Waals surface area (Å²) < 4.78 is 37.1. The molecule has 3 heterocycles. The molecule has 5 rings (SSSR count). The van der Waals surface area contributed by atoms with Gasteiger partial charge in [-0.15, -0.1) is 0 Å². The number of benzene rings is 2. The zero-order chi connectivity index (χ0) is 26.6. The van der Waals surface area contributed by atoms with Gasteiger partial charge in [0.15, 0.2) is 11.3 Å². The number of rotatable bonds is 8. The predicted octanol–water partition coefficient (Wildman–Crippen LogP) is 4.51. The highest BCUT2D eigenvalue weighted by Gasteiger charge is 2.23. The number of hydrogen-bond acceptors (Lipinski definition) is 9. The molecule has 0 unspecified atom stereocenters. The molecule has 0 bridgehead atoms. The molecule has 0 radical (unpaired) electrons. The highest BCUT2D eigenvalue weighted by molar-refractivity contribution is 6.02. The lowest BCUT2D eigenvalue weighted by atomic mass is 10.1. The standard InChI is InChI=1S/C26H25F2N7O3/c1-3-23(36)30-18-14-19(22(37-25(27)28)15-20(18)35-12-10-34(2)11-13-35)32-26-29-9-8-17(31-26)24-16-6-4-5-7-21(16)38-33-24/h3-9,14-15,25H,1,10-13H2,2H3,(H,30,36)(H,29,31,32). The van der Waals surface area contributed by atoms with Crippen LogP contribution in [0.4, 0.5) is 31.8 Å². The number of ether oxygens (including phenoxy) is 1. The van der Waals surface area contributed by atoms with E-state index in [9.17, 15) is 13.6 Å². The molecule has 10 nitrogen and oxygen atoms in total. The second-order valence-electron chi connectivity index (χ2n) is 8.65. The van der Waals surface area contributed by atoms with Crippen LogP contribution in [0.2, 0.25) is 0 Å². The Morgan fingerprint density at radius 3 is 2.71 bits per heavy atom. The second kappa shape index (κ2) is 10.8. The van der Waals surface area contributed by atoms with Crippen molar-refractivity contribution in [1.29, 1.82) is 0 Å². The van der Waals surface area contributed by atoms with E-state index in [2.05, 4.69) is 37.2 Å². The van der Waals surface area contributed by atoms with Gasteiger partial charge in [0.1, 0.15) is 5.69 Å². The fourth-order valence-electron chi connectivity index (χ4n) is 4.19. The van der Waals surface area contributed by atoms with Gasteiger partial charge in [0, 0.05) is 38.4 Å². The lowest BCUT2D eigenvalue weighted by molar-refractivity contribution is -0.111. The minimum absolute atomic E-state index is 0.113. The van der Waals surface area contributed by atoms with Gasteiger partial charge in [-0.05, 0) is 37.4 Å². The first-order chi connectivity index (χ1) is 18.4. The predicted molar refractivity (Wildman–Crippen MR) is 140 cm³/mol. The highest BCUT2D eigenvalue weighted by Crippen LogP contribution is 2.39. The number of anilines is 4. The first-order valence-electron chi connectivity index (χ1n) is 11.9. The summed E-state index contributed by atoms with van der Waals surface area (Å²) in [6, 6.07) is 12.0. The summed E-state index contributed by atoms with van der Waals surface area (Å²) in [6.07, 6.45) is 2.65. The van der Waals surface area contributed by atoms with E-state index >= 15 is 0 Å². The van der Waals surface area contributed by atoms with Crippen molar-refractivity contribution >= 4 is 39.9 Å². The van der Waals surface area contributed by atoms with Crippen molar-refractivity contribution in [1.82, 2.24) is 20.0 Å². The van der Waals surface area contributed by atoms with Gasteiger partial charge in [0.05, 0.1) is 28.1 Å². The summed E-state index contributed by atoms with van der Waals surface area (Å²) in [7, 11) is 2.01. The van der Waals surface area contributed by atoms with E-state index in [1.807, 2.05) is 30.1 Å². The number of alkyl halides is 2. The third-order valence-corrected chi connectivity index (χ3v) is 6.12. The molecule has 4 aromatic rings. The first kappa shape index (κ1) is 25.1. The van der Waals surface area contributed by atoms with Crippen molar-refractivity contribution in [3.63, 3.8) is 0 Å². The molecule has 2 N–H and O–H groups in total. The van der Waals surface area contributed by atoms with Gasteiger partial charge in [0.25, 0.3) is 0 Å². The summed E-state index contributed by atoms with van der Waals surface area (Å²) in [5.74, 6) is -0.446. The van der Waals surface area contributed by atoms with Crippen LogP contribution in [-0.2, 0) is 4.79 Å². The molecule has 2 aromatic carbocycles. The Balaban J connectivity index is 1.53. The van der Waals surface area contributed by atoms with Gasteiger partial charge in [-0.3, -0.25) is 4.79 Å². The van der Waals surface area contributed by atoms with Crippen molar-refractivity contribution in [3.8, 4) is 17.1 Å². The van der Waals surface area contributed by atoms with Gasteiger partial charge in [-0.1, -0.05) is 23.9 Å². The molecule has 2 aromatic heterocycles. The summed E-state index contributed by atoms with van der Waals surface area (Å²) in [6.45, 7) is 3.27. The van der Waals surface area contributed by atoms with Gasteiger partial charge in [-0.2, -0.15) is 8.78 Å². The molecule has 1 fully saturated rings. The summed E-state index contributed by atoms with van der Waals surface area (Å²) in [5, 5.41) is 10.6. The lowest BCUT2D eigenvalue weighted by Crippen LogP contribution is -2.44. The molecule has 196 valence electrons. The Morgan fingerprint density at radius 2 is 1.95 bits per heavy atom. The minimum Gasteiger partial charge on any atom is -0.433 e. The van der Waals surface area contributed by atoms with Crippen LogP contribution in [0.25, 0.3) is 22.4 Å². The Labute approximate surface area is 216 Å². The van der Waals surface area contributed by atoms with E-state index in [0.29, 0.717) is 41.4 Å². The smallest absolute Gasteiger partial charge is 0.387 e. The zero-order valence-corrected chi connectivity index (χ0v) is 20.5. The number of hydrogen-bond donors (Lipinski definition) is 2. The van der Waals surface area contributed by atoms with Gasteiger partial charge < -0.3 is 29.7 Å². The van der Waals surface area contributed by atoms with Crippen LogP contribution in [0.3, 0.4) is 0 Å². The summed E-state index contributed by atoms with van der Waals surface area (Å²) >= 11 is 0. The summed E-state index contributed by atoms with van der Waals surface area (Å²) in [4.78, 5) is 25.1. The maximum atomic E-state index is 13.4. The van der Waals surface area contributed by atoms with Crippen molar-refractivity contribution in [2.75, 3.05) is 48.8 Å². The number of halogens is 2. The first-order valence-corrected chi connectivity index (χ1v) is 11.9. The van der Waals surface area contributed by atoms with Crippen LogP contribution < -0.4 is 20.3 Å². The van der Waals surface area contributed by atoms with Crippen molar-refractivity contribution < 1.29 is 22.8 Å². The number of piperazine rings is 1. The molecular formula is C26H25F2N7O3. The second-order valence-corrected chi connectivity index (χ2v) is 8.65. The van der Waals surface area contributed by atoms with Crippen LogP contribution in [0.5, 0.6) is 5.75 Å². The minimum atomic E-state index is -3.07. The van der Waals surface area contributed by atoms with E-state index < -0.39 is 12.5 Å². The fraction of sp³-hybridized carbons (Fsp3) is 0.231. The Bertz CT molecular complexity index is 1470. The van der Waals surface area contributed by atoms with E-state index in [4.69, 9.17) is 9.26 Å². The van der Waals surface area contributed by atoms with Crippen molar-refractivity contribution in [2.45, 2.75) is 6.61 Å². The van der Waals surface area contributed by atoms with Crippen LogP contribution >= 0.6 is 0 Å². The Morgan fingerprint density at radius 1 is 1.16 bits per heavy atom. The summed E-state index contributed by atoms with van der Waals surface area (Å²) in [5.41, 5.74) is 2.69. The number of nitrogens with one attached hydrogen (secondary N) is 2. The van der Waals surface area contributed by atoms with Crippen LogP contribution in [0.1, 0.15) is 0 Å². The maximum Gasteiger partial charge on any atom is 0.387 e. The number of carbonyl (C=O) groups is 1. The number of fused-ring (bicyclic) bond motifs is 1. The molecule has 1 aliphatic rings. The molecule has 12 heteroatoms.